The van der Waals surface area contributed by atoms with Crippen LogP contribution in [0.2, 0.25) is 0 Å². The van der Waals surface area contributed by atoms with Crippen LogP contribution in [0.4, 0.5) is 5.69 Å². The van der Waals surface area contributed by atoms with Gasteiger partial charge in [0.2, 0.25) is 5.91 Å². The lowest BCUT2D eigenvalue weighted by Gasteiger charge is -2.13. The van der Waals surface area contributed by atoms with Crippen molar-refractivity contribution >= 4 is 39.3 Å². The van der Waals surface area contributed by atoms with Gasteiger partial charge in [0, 0.05) is 26.4 Å². The fraction of sp³-hybridized carbons (Fsp3) is 0.500. The summed E-state index contributed by atoms with van der Waals surface area (Å²) in [6.07, 6.45) is 0.219. The molecule has 116 valence electrons. The second-order valence-electron chi connectivity index (χ2n) is 4.89. The molecule has 2 atom stereocenters. The van der Waals surface area contributed by atoms with Gasteiger partial charge in [0.05, 0.1) is 12.7 Å². The van der Waals surface area contributed by atoms with Crippen molar-refractivity contribution in [1.82, 2.24) is 5.32 Å². The first-order valence-corrected chi connectivity index (χ1v) is 8.64. The molecule has 0 aliphatic carbocycles. The first-order chi connectivity index (χ1) is 10.1. The predicted octanol–water partition coefficient (Wildman–Crippen LogP) is 1.89. The van der Waals surface area contributed by atoms with Crippen molar-refractivity contribution in [1.29, 1.82) is 0 Å². The predicted molar refractivity (Wildman–Crippen MR) is 87.6 cm³/mol. The molecule has 0 spiro atoms. The minimum Gasteiger partial charge on any atom is -0.394 e. The Labute approximate surface area is 136 Å². The van der Waals surface area contributed by atoms with E-state index in [0.29, 0.717) is 5.75 Å². The number of fused-ring (bicyclic) bond motifs is 1. The third-order valence-electron chi connectivity index (χ3n) is 3.18. The zero-order valence-electron chi connectivity index (χ0n) is 11.7. The topological polar surface area (TPSA) is 81.6 Å². The van der Waals surface area contributed by atoms with E-state index < -0.39 is 6.10 Å². The molecule has 21 heavy (non-hydrogen) atoms. The molecule has 5 nitrogen and oxygen atoms in total. The van der Waals surface area contributed by atoms with E-state index in [1.54, 1.807) is 0 Å². The minimum absolute atomic E-state index is 0.0390. The van der Waals surface area contributed by atoms with Crippen LogP contribution >= 0.6 is 27.7 Å². The minimum atomic E-state index is -0.747. The first kappa shape index (κ1) is 16.8. The summed E-state index contributed by atoms with van der Waals surface area (Å²) >= 11 is 4.94. The maximum absolute atomic E-state index is 12.0. The lowest BCUT2D eigenvalue weighted by Crippen LogP contribution is -2.28. The van der Waals surface area contributed by atoms with Crippen molar-refractivity contribution in [3.8, 4) is 0 Å². The molecule has 0 fully saturated rings. The summed E-state index contributed by atoms with van der Waals surface area (Å²) in [5, 5.41) is 24.4. The normalized spacial score (nSPS) is 18.5. The van der Waals surface area contributed by atoms with Gasteiger partial charge in [-0.1, -0.05) is 6.92 Å². The smallest absolute Gasteiger partial charge is 0.246 e. The molecule has 0 bridgehead atoms. The molecule has 0 radical (unpaired) electrons. The van der Waals surface area contributed by atoms with Crippen molar-refractivity contribution in [2.75, 3.05) is 24.2 Å². The molecule has 2 unspecified atom stereocenters. The van der Waals surface area contributed by atoms with E-state index >= 15 is 0 Å². The molecule has 1 heterocycles. The van der Waals surface area contributed by atoms with E-state index in [9.17, 15) is 9.90 Å². The Bertz CT molecular complexity index is 527. The molecule has 1 aromatic carbocycles. The Morgan fingerprint density at radius 1 is 1.52 bits per heavy atom. The van der Waals surface area contributed by atoms with E-state index in [2.05, 4.69) is 33.5 Å². The van der Waals surface area contributed by atoms with Crippen LogP contribution in [-0.2, 0) is 4.79 Å². The summed E-state index contributed by atoms with van der Waals surface area (Å²) in [5.74, 6) is 0.363. The highest BCUT2D eigenvalue weighted by Gasteiger charge is 2.30. The Morgan fingerprint density at radius 3 is 2.95 bits per heavy atom. The number of hydrogen-bond acceptors (Lipinski definition) is 5. The SMILES string of the molecule is CCCNC1C(=O)Nc2cc(SCC(O)CO)c(Br)cc21. The van der Waals surface area contributed by atoms with Gasteiger partial charge in [-0.15, -0.1) is 11.8 Å². The summed E-state index contributed by atoms with van der Waals surface area (Å²) in [4.78, 5) is 12.9. The first-order valence-electron chi connectivity index (χ1n) is 6.86. The van der Waals surface area contributed by atoms with Gasteiger partial charge < -0.3 is 20.8 Å². The quantitative estimate of drug-likeness (QED) is 0.548. The standard InChI is InChI=1S/C14H19BrN2O3S/c1-2-3-16-13-9-4-10(15)12(21-7-8(19)6-18)5-11(9)17-14(13)20/h4-5,8,13,16,18-19H,2-3,6-7H2,1H3,(H,17,20). The largest absolute Gasteiger partial charge is 0.394 e. The van der Waals surface area contributed by atoms with E-state index in [1.807, 2.05) is 12.1 Å². The lowest BCUT2D eigenvalue weighted by molar-refractivity contribution is -0.117. The van der Waals surface area contributed by atoms with Crippen LogP contribution in [0.3, 0.4) is 0 Å². The monoisotopic (exact) mass is 374 g/mol. The Hall–Kier alpha value is -0.600. The zero-order chi connectivity index (χ0) is 15.4. The second kappa shape index (κ2) is 7.60. The molecule has 1 aliphatic rings. The number of anilines is 1. The average molecular weight is 375 g/mol. The van der Waals surface area contributed by atoms with Crippen LogP contribution in [0.15, 0.2) is 21.5 Å². The maximum atomic E-state index is 12.0. The highest BCUT2D eigenvalue weighted by atomic mass is 79.9. The van der Waals surface area contributed by atoms with Crippen LogP contribution in [0, 0.1) is 0 Å². The molecular formula is C14H19BrN2O3S. The number of carbonyl (C=O) groups is 1. The van der Waals surface area contributed by atoms with Crippen molar-refractivity contribution in [3.05, 3.63) is 22.2 Å². The van der Waals surface area contributed by atoms with Crippen LogP contribution in [0.5, 0.6) is 0 Å². The summed E-state index contributed by atoms with van der Waals surface area (Å²) in [7, 11) is 0. The van der Waals surface area contributed by atoms with Crippen LogP contribution in [0.25, 0.3) is 0 Å². The molecule has 1 aromatic rings. The van der Waals surface area contributed by atoms with E-state index in [0.717, 1.165) is 33.6 Å². The summed E-state index contributed by atoms with van der Waals surface area (Å²) in [5.41, 5.74) is 1.74. The van der Waals surface area contributed by atoms with Crippen LogP contribution < -0.4 is 10.6 Å². The summed E-state index contributed by atoms with van der Waals surface area (Å²) in [6, 6.07) is 3.53. The molecular weight excluding hydrogens is 356 g/mol. The van der Waals surface area contributed by atoms with Crippen molar-refractivity contribution in [2.45, 2.75) is 30.4 Å². The van der Waals surface area contributed by atoms with Gasteiger partial charge in [0.25, 0.3) is 0 Å². The van der Waals surface area contributed by atoms with Gasteiger partial charge in [0.1, 0.15) is 6.04 Å². The molecule has 7 heteroatoms. The number of hydrogen-bond donors (Lipinski definition) is 4. The fourth-order valence-corrected chi connectivity index (χ4v) is 3.68. The van der Waals surface area contributed by atoms with Gasteiger partial charge in [-0.2, -0.15) is 0 Å². The van der Waals surface area contributed by atoms with Gasteiger partial charge >= 0.3 is 0 Å². The van der Waals surface area contributed by atoms with Crippen molar-refractivity contribution in [3.63, 3.8) is 0 Å². The number of halogens is 1. The number of aliphatic hydroxyl groups excluding tert-OH is 2. The second-order valence-corrected chi connectivity index (χ2v) is 6.81. The van der Waals surface area contributed by atoms with Crippen molar-refractivity contribution in [2.24, 2.45) is 0 Å². The molecule has 0 aromatic heterocycles. The molecule has 0 saturated heterocycles. The molecule has 4 N–H and O–H groups in total. The van der Waals surface area contributed by atoms with Crippen LogP contribution in [0.1, 0.15) is 24.9 Å². The number of nitrogens with one attached hydrogen (secondary N) is 2. The molecule has 2 rings (SSSR count). The molecule has 1 amide bonds. The molecule has 1 aliphatic heterocycles. The Balaban J connectivity index is 2.16. The maximum Gasteiger partial charge on any atom is 0.246 e. The Kier molecular flexibility index (Phi) is 6.07. The van der Waals surface area contributed by atoms with Crippen LogP contribution in [-0.4, -0.2) is 41.1 Å². The fourth-order valence-electron chi connectivity index (χ4n) is 2.10. The number of amides is 1. The van der Waals surface area contributed by atoms with Gasteiger partial charge in [-0.25, -0.2) is 0 Å². The highest BCUT2D eigenvalue weighted by Crippen LogP contribution is 2.39. The summed E-state index contributed by atoms with van der Waals surface area (Å²) < 4.78 is 0.885. The van der Waals surface area contributed by atoms with Gasteiger partial charge in [0.15, 0.2) is 0 Å². The van der Waals surface area contributed by atoms with Crippen molar-refractivity contribution < 1.29 is 15.0 Å². The molecule has 0 saturated carbocycles. The number of carbonyl (C=O) groups excluding carboxylic acids is 1. The van der Waals surface area contributed by atoms with Gasteiger partial charge in [-0.05, 0) is 41.0 Å². The number of thioether (sulfide) groups is 1. The Morgan fingerprint density at radius 2 is 2.29 bits per heavy atom. The average Bonchev–Trinajstić information content (AvgIpc) is 2.77. The number of aliphatic hydroxyl groups is 2. The van der Waals surface area contributed by atoms with E-state index in [-0.39, 0.29) is 18.6 Å². The number of rotatable bonds is 7. The van der Waals surface area contributed by atoms with Gasteiger partial charge in [-0.3, -0.25) is 4.79 Å². The van der Waals surface area contributed by atoms with E-state index in [4.69, 9.17) is 5.11 Å². The lowest BCUT2D eigenvalue weighted by atomic mass is 10.1. The summed E-state index contributed by atoms with van der Waals surface area (Å²) in [6.45, 7) is 2.59. The van der Waals surface area contributed by atoms with E-state index in [1.165, 1.54) is 11.8 Å². The highest BCUT2D eigenvalue weighted by molar-refractivity contribution is 9.10. The third kappa shape index (κ3) is 3.98. The third-order valence-corrected chi connectivity index (χ3v) is 5.29. The zero-order valence-corrected chi connectivity index (χ0v) is 14.1. The number of benzene rings is 1.